The minimum atomic E-state index is -0.999. The van der Waals surface area contributed by atoms with E-state index >= 15 is 0 Å². The summed E-state index contributed by atoms with van der Waals surface area (Å²) in [6.07, 6.45) is -0.999. The number of aryl methyl sites for hydroxylation is 3. The van der Waals surface area contributed by atoms with Crippen LogP contribution in [0, 0.1) is 33.6 Å². The molecule has 2 amide bonds. The Bertz CT molecular complexity index is 1360. The van der Waals surface area contributed by atoms with E-state index in [0.29, 0.717) is 10.6 Å². The maximum atomic E-state index is 14.0. The first-order valence-electron chi connectivity index (χ1n) is 12.0. The van der Waals surface area contributed by atoms with Crippen LogP contribution in [0.2, 0.25) is 0 Å². The third kappa shape index (κ3) is 3.72. The monoisotopic (exact) mass is 504 g/mol. The Morgan fingerprint density at radius 3 is 2.36 bits per heavy atom. The van der Waals surface area contributed by atoms with Crippen LogP contribution < -0.4 is 9.96 Å². The lowest BCUT2D eigenvalue weighted by atomic mass is 9.90. The largest absolute Gasteiger partial charge is 0.462 e. The first-order valence-corrected chi connectivity index (χ1v) is 12.8. The summed E-state index contributed by atoms with van der Waals surface area (Å²) in [6.45, 7) is 9.56. The number of hydroxylamine groups is 1. The number of hydrogen-bond donors (Lipinski definition) is 0. The molecule has 0 N–H and O–H groups in total. The summed E-state index contributed by atoms with van der Waals surface area (Å²) in [4.78, 5) is 48.8. The Balaban J connectivity index is 1.61. The fourth-order valence-electron chi connectivity index (χ4n) is 4.95. The van der Waals surface area contributed by atoms with Gasteiger partial charge < -0.3 is 4.74 Å². The van der Waals surface area contributed by atoms with Crippen molar-refractivity contribution in [1.29, 1.82) is 0 Å². The fraction of sp³-hybridized carbons (Fsp3) is 0.321. The molecular weight excluding hydrogens is 476 g/mol. The van der Waals surface area contributed by atoms with Crippen molar-refractivity contribution in [2.45, 2.75) is 46.8 Å². The van der Waals surface area contributed by atoms with Gasteiger partial charge in [0, 0.05) is 4.88 Å². The van der Waals surface area contributed by atoms with Crippen LogP contribution in [0.25, 0.3) is 0 Å². The molecule has 2 aliphatic heterocycles. The lowest BCUT2D eigenvalue weighted by Crippen LogP contribution is -2.38. The van der Waals surface area contributed by atoms with Crippen molar-refractivity contribution in [3.8, 4) is 0 Å². The van der Waals surface area contributed by atoms with Crippen LogP contribution in [0.4, 0.5) is 10.7 Å². The van der Waals surface area contributed by atoms with Crippen LogP contribution in [0.5, 0.6) is 0 Å². The number of carbonyl (C=O) groups excluding carboxylic acids is 3. The smallest absolute Gasteiger partial charge is 0.341 e. The molecule has 186 valence electrons. The average Bonchev–Trinajstić information content (AvgIpc) is 3.45. The molecule has 8 heteroatoms. The number of fused-ring (bicyclic) bond motifs is 1. The molecule has 2 aliphatic rings. The maximum Gasteiger partial charge on any atom is 0.341 e. The van der Waals surface area contributed by atoms with Gasteiger partial charge in [0.1, 0.15) is 10.9 Å². The molecule has 2 saturated heterocycles. The van der Waals surface area contributed by atoms with Crippen LogP contribution in [-0.4, -0.2) is 30.5 Å². The fourth-order valence-corrected chi connectivity index (χ4v) is 6.10. The Morgan fingerprint density at radius 2 is 1.69 bits per heavy atom. The van der Waals surface area contributed by atoms with Gasteiger partial charge in [0.05, 0.1) is 23.9 Å². The second-order valence-electron chi connectivity index (χ2n) is 9.22. The number of thiophene rings is 1. The lowest BCUT2D eigenvalue weighted by Gasteiger charge is -2.29. The summed E-state index contributed by atoms with van der Waals surface area (Å²) in [5, 5.41) is 2.01. The molecular formula is C28H28N2O5S. The van der Waals surface area contributed by atoms with Gasteiger partial charge in [-0.2, -0.15) is 0 Å². The maximum absolute atomic E-state index is 14.0. The molecule has 0 aliphatic carbocycles. The predicted octanol–water partition coefficient (Wildman–Crippen LogP) is 5.21. The van der Waals surface area contributed by atoms with E-state index < -0.39 is 29.9 Å². The highest BCUT2D eigenvalue weighted by atomic mass is 32.1. The van der Waals surface area contributed by atoms with Gasteiger partial charge in [-0.3, -0.25) is 14.4 Å². The van der Waals surface area contributed by atoms with Crippen molar-refractivity contribution < 1.29 is 24.0 Å². The van der Waals surface area contributed by atoms with Crippen molar-refractivity contribution in [3.63, 3.8) is 0 Å². The number of carbonyl (C=O) groups is 3. The summed E-state index contributed by atoms with van der Waals surface area (Å²) in [7, 11) is 0. The molecule has 5 rings (SSSR count). The van der Waals surface area contributed by atoms with Gasteiger partial charge in [-0.25, -0.2) is 14.8 Å². The molecule has 7 nitrogen and oxygen atoms in total. The SMILES string of the molecule is CCOC(=O)c1c(N2C(=O)[C@@H]3[C@@H](c4ccc(C)cc4)N(c4ccccc4C)O[C@H]3C2=O)sc(C)c1C. The summed E-state index contributed by atoms with van der Waals surface area (Å²) in [5.74, 6) is -2.15. The highest BCUT2D eigenvalue weighted by molar-refractivity contribution is 7.17. The number of nitrogens with zero attached hydrogens (tertiary/aromatic N) is 2. The molecule has 1 aromatic heterocycles. The highest BCUT2D eigenvalue weighted by Gasteiger charge is 2.61. The number of esters is 1. The summed E-state index contributed by atoms with van der Waals surface area (Å²) < 4.78 is 5.26. The van der Waals surface area contributed by atoms with Gasteiger partial charge in [0.15, 0.2) is 6.10 Å². The number of para-hydroxylation sites is 1. The first kappa shape index (κ1) is 24.2. The van der Waals surface area contributed by atoms with E-state index in [-0.39, 0.29) is 18.1 Å². The van der Waals surface area contributed by atoms with Gasteiger partial charge in [-0.05, 0) is 57.4 Å². The van der Waals surface area contributed by atoms with E-state index in [0.717, 1.165) is 32.2 Å². The van der Waals surface area contributed by atoms with Crippen LogP contribution in [0.3, 0.4) is 0 Å². The molecule has 3 heterocycles. The molecule has 0 saturated carbocycles. The zero-order chi connectivity index (χ0) is 25.7. The van der Waals surface area contributed by atoms with Gasteiger partial charge in [-0.1, -0.05) is 48.0 Å². The van der Waals surface area contributed by atoms with Gasteiger partial charge in [-0.15, -0.1) is 11.3 Å². The van der Waals surface area contributed by atoms with Crippen LogP contribution in [0.1, 0.15) is 50.5 Å². The molecule has 0 radical (unpaired) electrons. The molecule has 2 aromatic carbocycles. The second-order valence-corrected chi connectivity index (χ2v) is 10.4. The number of amides is 2. The van der Waals surface area contributed by atoms with Gasteiger partial charge in [0.25, 0.3) is 5.91 Å². The minimum absolute atomic E-state index is 0.198. The van der Waals surface area contributed by atoms with Crippen LogP contribution in [-0.2, 0) is 19.2 Å². The Labute approximate surface area is 214 Å². The molecule has 0 unspecified atom stereocenters. The highest BCUT2D eigenvalue weighted by Crippen LogP contribution is 2.50. The minimum Gasteiger partial charge on any atom is -0.462 e. The number of ether oxygens (including phenoxy) is 1. The van der Waals surface area contributed by atoms with Crippen molar-refractivity contribution in [1.82, 2.24) is 0 Å². The average molecular weight is 505 g/mol. The lowest BCUT2D eigenvalue weighted by molar-refractivity contribution is -0.126. The van der Waals surface area contributed by atoms with Crippen molar-refractivity contribution >= 4 is 39.8 Å². The number of benzene rings is 2. The van der Waals surface area contributed by atoms with Crippen molar-refractivity contribution in [3.05, 3.63) is 81.2 Å². The molecule has 36 heavy (non-hydrogen) atoms. The summed E-state index contributed by atoms with van der Waals surface area (Å²) in [6, 6.07) is 15.2. The normalized spacial score (nSPS) is 21.3. The summed E-state index contributed by atoms with van der Waals surface area (Å²) >= 11 is 1.25. The molecule has 3 aromatic rings. The van der Waals surface area contributed by atoms with Crippen LogP contribution >= 0.6 is 11.3 Å². The van der Waals surface area contributed by atoms with Crippen LogP contribution in [0.15, 0.2) is 48.5 Å². The Kier molecular flexibility index (Phi) is 6.18. The predicted molar refractivity (Wildman–Crippen MR) is 138 cm³/mol. The second kappa shape index (κ2) is 9.19. The number of anilines is 2. The van der Waals surface area contributed by atoms with E-state index in [9.17, 15) is 14.4 Å². The van der Waals surface area contributed by atoms with E-state index in [1.54, 1.807) is 18.9 Å². The summed E-state index contributed by atoms with van der Waals surface area (Å²) in [5.41, 5.74) is 4.73. The van der Waals surface area contributed by atoms with E-state index in [1.165, 1.54) is 11.3 Å². The first-order chi connectivity index (χ1) is 17.2. The standard InChI is InChI=1S/C28H28N2O5S/c1-6-34-28(33)21-17(4)18(5)36-27(21)29-25(31)22-23(19-13-11-15(2)12-14-19)30(35-24(22)26(29)32)20-10-8-7-9-16(20)3/h7-14,22-24H,6H2,1-5H3/t22-,23-,24-/m1/s1. The number of hydrogen-bond acceptors (Lipinski definition) is 7. The molecule has 0 bridgehead atoms. The number of imide groups is 1. The molecule has 2 fully saturated rings. The Hall–Kier alpha value is -3.49. The van der Waals surface area contributed by atoms with E-state index in [4.69, 9.17) is 9.57 Å². The van der Waals surface area contributed by atoms with E-state index in [1.807, 2.05) is 69.3 Å². The zero-order valence-electron chi connectivity index (χ0n) is 20.9. The molecule has 3 atom stereocenters. The van der Waals surface area contributed by atoms with Crippen molar-refractivity contribution in [2.75, 3.05) is 16.6 Å². The van der Waals surface area contributed by atoms with Gasteiger partial charge in [0.2, 0.25) is 5.91 Å². The van der Waals surface area contributed by atoms with E-state index in [2.05, 4.69) is 0 Å². The third-order valence-corrected chi connectivity index (χ3v) is 8.13. The van der Waals surface area contributed by atoms with Crippen molar-refractivity contribution in [2.24, 2.45) is 5.92 Å². The zero-order valence-corrected chi connectivity index (χ0v) is 21.7. The van der Waals surface area contributed by atoms with Gasteiger partial charge >= 0.3 is 5.97 Å². The Morgan fingerprint density at radius 1 is 1.00 bits per heavy atom. The topological polar surface area (TPSA) is 76.2 Å². The third-order valence-electron chi connectivity index (χ3n) is 6.94. The quantitative estimate of drug-likeness (QED) is 0.351. The molecule has 0 spiro atoms. The number of rotatable bonds is 5.